The number of phosphoric ester groups is 1. The van der Waals surface area contributed by atoms with Crippen LogP contribution >= 0.6 is 7.82 Å². The monoisotopic (exact) mass is 1170 g/mol. The first-order valence-corrected chi connectivity index (χ1v) is 38.0. The van der Waals surface area contributed by atoms with Crippen molar-refractivity contribution in [2.24, 2.45) is 0 Å². The Morgan fingerprint density at radius 1 is 0.420 bits per heavy atom. The lowest BCUT2D eigenvalue weighted by Gasteiger charge is -2.29. The summed E-state index contributed by atoms with van der Waals surface area (Å²) in [6.07, 6.45) is 82.1. The fourth-order valence-corrected chi connectivity index (χ4v) is 12.3. The van der Waals surface area contributed by atoms with Crippen molar-refractivity contribution in [2.75, 3.05) is 40.9 Å². The topological polar surface area (TPSA) is 108 Å². The SMILES string of the molecule is CCCCCCCCCCCCCCCCCCCCCCCCCCCCCCC/C=C/C(O)C(COP(=O)([O-])OCC[N+](C)(C)C)NC(=O)CCCCCCCCCCCCCCCCCCCCCCCCCCCCCC. The van der Waals surface area contributed by atoms with Crippen LogP contribution in [0.3, 0.4) is 0 Å². The van der Waals surface area contributed by atoms with Crippen LogP contribution in [0.4, 0.5) is 0 Å². The maximum Gasteiger partial charge on any atom is 0.268 e. The molecule has 0 aromatic rings. The Bertz CT molecular complexity index is 1320. The third kappa shape index (κ3) is 66.6. The molecule has 2 N–H and O–H groups in total. The lowest BCUT2D eigenvalue weighted by Crippen LogP contribution is -2.45. The number of unbranched alkanes of at least 4 members (excludes halogenated alkanes) is 56. The quantitative estimate of drug-likeness (QED) is 0.0272. The van der Waals surface area contributed by atoms with Gasteiger partial charge in [0.05, 0.1) is 39.9 Å². The third-order valence-corrected chi connectivity index (χ3v) is 18.2. The van der Waals surface area contributed by atoms with Gasteiger partial charge in [0.25, 0.3) is 7.82 Å². The molecule has 1 amide bonds. The molecule has 0 bridgehead atoms. The number of carbonyl (C=O) groups is 1. The van der Waals surface area contributed by atoms with E-state index in [0.29, 0.717) is 17.4 Å². The minimum absolute atomic E-state index is 0.00307. The Hall–Kier alpha value is -0.760. The van der Waals surface area contributed by atoms with Crippen molar-refractivity contribution in [2.45, 2.75) is 405 Å². The Labute approximate surface area is 507 Å². The van der Waals surface area contributed by atoms with E-state index in [1.54, 1.807) is 6.08 Å². The number of aliphatic hydroxyl groups is 1. The molecular weight excluding hydrogens is 1020 g/mol. The molecule has 0 aromatic carbocycles. The van der Waals surface area contributed by atoms with E-state index in [0.717, 1.165) is 38.5 Å². The van der Waals surface area contributed by atoms with Gasteiger partial charge in [-0.25, -0.2) is 0 Å². The maximum atomic E-state index is 13.0. The number of phosphoric acid groups is 1. The fraction of sp³-hybridized carbons (Fsp3) is 0.958. The number of nitrogens with one attached hydrogen (secondary N) is 1. The number of nitrogens with zero attached hydrogens (tertiary/aromatic N) is 1. The molecule has 9 heteroatoms. The van der Waals surface area contributed by atoms with Gasteiger partial charge in [0.2, 0.25) is 5.91 Å². The van der Waals surface area contributed by atoms with Gasteiger partial charge in [0, 0.05) is 6.42 Å². The zero-order chi connectivity index (χ0) is 59.1. The van der Waals surface area contributed by atoms with Crippen molar-refractivity contribution in [3.05, 3.63) is 12.2 Å². The highest BCUT2D eigenvalue weighted by Crippen LogP contribution is 2.38. The molecule has 8 nitrogen and oxygen atoms in total. The average molecular weight is 1170 g/mol. The van der Waals surface area contributed by atoms with E-state index in [1.807, 2.05) is 27.2 Å². The molecule has 484 valence electrons. The summed E-state index contributed by atoms with van der Waals surface area (Å²) in [5.41, 5.74) is 0. The highest BCUT2D eigenvalue weighted by atomic mass is 31.2. The number of hydrogen-bond donors (Lipinski definition) is 2. The van der Waals surface area contributed by atoms with Crippen LogP contribution in [0.1, 0.15) is 393 Å². The number of amides is 1. The number of hydrogen-bond acceptors (Lipinski definition) is 6. The third-order valence-electron chi connectivity index (χ3n) is 17.2. The summed E-state index contributed by atoms with van der Waals surface area (Å²) in [6.45, 7) is 4.73. The molecule has 3 unspecified atom stereocenters. The zero-order valence-corrected chi connectivity index (χ0v) is 56.4. The molecule has 81 heavy (non-hydrogen) atoms. The molecule has 0 radical (unpaired) electrons. The van der Waals surface area contributed by atoms with Crippen LogP contribution in [0.25, 0.3) is 0 Å². The van der Waals surface area contributed by atoms with Gasteiger partial charge < -0.3 is 28.8 Å². The predicted molar refractivity (Wildman–Crippen MR) is 353 cm³/mol. The van der Waals surface area contributed by atoms with Crippen molar-refractivity contribution in [1.29, 1.82) is 0 Å². The fourth-order valence-electron chi connectivity index (χ4n) is 11.6. The van der Waals surface area contributed by atoms with Crippen LogP contribution < -0.4 is 10.2 Å². The summed E-state index contributed by atoms with van der Waals surface area (Å²) in [5, 5.41) is 14.0. The molecule has 0 fully saturated rings. The summed E-state index contributed by atoms with van der Waals surface area (Å²) in [7, 11) is 1.29. The Balaban J connectivity index is 4.00. The number of rotatable bonds is 69. The second-order valence-corrected chi connectivity index (χ2v) is 28.1. The van der Waals surface area contributed by atoms with Gasteiger partial charge in [0.1, 0.15) is 13.2 Å². The molecule has 0 aliphatic heterocycles. The molecular formula is C72H145N2O6P. The highest BCUT2D eigenvalue weighted by Gasteiger charge is 2.23. The Morgan fingerprint density at radius 3 is 0.926 bits per heavy atom. The summed E-state index contributed by atoms with van der Waals surface area (Å²) >= 11 is 0. The second kappa shape index (κ2) is 63.7. The Morgan fingerprint density at radius 2 is 0.667 bits per heavy atom. The largest absolute Gasteiger partial charge is 0.756 e. The van der Waals surface area contributed by atoms with Crippen LogP contribution in [-0.4, -0.2) is 68.5 Å². The van der Waals surface area contributed by atoms with Gasteiger partial charge in [-0.2, -0.15) is 0 Å². The number of quaternary nitrogens is 1. The number of carbonyl (C=O) groups excluding carboxylic acids is 1. The van der Waals surface area contributed by atoms with Crippen LogP contribution in [0.2, 0.25) is 0 Å². The standard InChI is InChI=1S/C72H145N2O6P/c1-6-8-10-12-14-16-18-20-22-24-26-28-30-32-34-36-37-38-39-41-43-45-47-49-51-53-55-57-59-61-63-65-71(75)70(69-80-81(77,78)79-68-67-74(3,4)5)73-72(76)66-64-62-60-58-56-54-52-50-48-46-44-42-40-35-33-31-29-27-25-23-21-19-17-15-13-11-9-7-2/h63,65,70-71,75H,6-62,64,66-69H2,1-5H3,(H-,73,76,77,78)/b65-63+. The molecule has 0 aliphatic rings. The zero-order valence-electron chi connectivity index (χ0n) is 55.5. The van der Waals surface area contributed by atoms with Crippen LogP contribution in [0.15, 0.2) is 12.2 Å². The first kappa shape index (κ1) is 80.2. The summed E-state index contributed by atoms with van der Waals surface area (Å²) in [6, 6.07) is -0.884. The molecule has 0 rings (SSSR count). The van der Waals surface area contributed by atoms with E-state index < -0.39 is 20.0 Å². The van der Waals surface area contributed by atoms with Crippen molar-refractivity contribution in [1.82, 2.24) is 5.32 Å². The molecule has 0 saturated heterocycles. The smallest absolute Gasteiger partial charge is 0.268 e. The number of allylic oxidation sites excluding steroid dienone is 1. The minimum atomic E-state index is -4.60. The van der Waals surface area contributed by atoms with E-state index in [2.05, 4.69) is 19.2 Å². The molecule has 0 heterocycles. The summed E-state index contributed by atoms with van der Waals surface area (Å²) < 4.78 is 23.5. The number of likely N-dealkylation sites (N-methyl/N-ethyl adjacent to an activating group) is 1. The Kier molecular flexibility index (Phi) is 63.1. The predicted octanol–water partition coefficient (Wildman–Crippen LogP) is 22.7. The van der Waals surface area contributed by atoms with E-state index >= 15 is 0 Å². The molecule has 0 spiro atoms. The van der Waals surface area contributed by atoms with Gasteiger partial charge in [0.15, 0.2) is 0 Å². The van der Waals surface area contributed by atoms with Crippen LogP contribution in [0.5, 0.6) is 0 Å². The van der Waals surface area contributed by atoms with Crippen LogP contribution in [-0.2, 0) is 18.4 Å². The van der Waals surface area contributed by atoms with Gasteiger partial charge in [-0.3, -0.25) is 9.36 Å². The van der Waals surface area contributed by atoms with Crippen molar-refractivity contribution in [3.63, 3.8) is 0 Å². The first-order valence-electron chi connectivity index (χ1n) is 36.6. The van der Waals surface area contributed by atoms with E-state index in [-0.39, 0.29) is 19.1 Å². The summed E-state index contributed by atoms with van der Waals surface area (Å²) in [4.78, 5) is 25.6. The first-order chi connectivity index (χ1) is 39.5. The second-order valence-electron chi connectivity index (χ2n) is 26.7. The molecule has 0 aromatic heterocycles. The molecule has 0 saturated carbocycles. The van der Waals surface area contributed by atoms with Gasteiger partial charge in [-0.15, -0.1) is 0 Å². The van der Waals surface area contributed by atoms with E-state index in [4.69, 9.17) is 9.05 Å². The highest BCUT2D eigenvalue weighted by molar-refractivity contribution is 7.45. The lowest BCUT2D eigenvalue weighted by atomic mass is 10.0. The van der Waals surface area contributed by atoms with E-state index in [9.17, 15) is 19.4 Å². The number of aliphatic hydroxyl groups excluding tert-OH is 1. The van der Waals surface area contributed by atoms with Crippen molar-refractivity contribution >= 4 is 13.7 Å². The molecule has 3 atom stereocenters. The van der Waals surface area contributed by atoms with Crippen molar-refractivity contribution < 1.29 is 32.9 Å². The average Bonchev–Trinajstić information content (AvgIpc) is 3.43. The molecule has 0 aliphatic carbocycles. The van der Waals surface area contributed by atoms with Crippen LogP contribution in [0, 0.1) is 0 Å². The minimum Gasteiger partial charge on any atom is -0.756 e. The van der Waals surface area contributed by atoms with Gasteiger partial charge in [-0.1, -0.05) is 379 Å². The maximum absolute atomic E-state index is 13.0. The van der Waals surface area contributed by atoms with Gasteiger partial charge >= 0.3 is 0 Å². The van der Waals surface area contributed by atoms with Gasteiger partial charge in [-0.05, 0) is 19.3 Å². The normalized spacial score (nSPS) is 13.6. The summed E-state index contributed by atoms with van der Waals surface area (Å²) in [5.74, 6) is -0.187. The van der Waals surface area contributed by atoms with Crippen molar-refractivity contribution in [3.8, 4) is 0 Å². The van der Waals surface area contributed by atoms with E-state index in [1.165, 1.54) is 334 Å². The lowest BCUT2D eigenvalue weighted by molar-refractivity contribution is -0.870.